The molecule has 3 heteroatoms. The van der Waals surface area contributed by atoms with Crippen molar-refractivity contribution in [2.24, 2.45) is 5.73 Å². The molecule has 0 saturated heterocycles. The summed E-state index contributed by atoms with van der Waals surface area (Å²) in [7, 11) is 0. The van der Waals surface area contributed by atoms with Crippen LogP contribution < -0.4 is 11.1 Å². The highest BCUT2D eigenvalue weighted by molar-refractivity contribution is 5.78. The first-order valence-electron chi connectivity index (χ1n) is 8.79. The summed E-state index contributed by atoms with van der Waals surface area (Å²) in [5.41, 5.74) is 8.02. The molecule has 1 fully saturated rings. The van der Waals surface area contributed by atoms with Gasteiger partial charge in [-0.3, -0.25) is 4.79 Å². The molecule has 0 aliphatic heterocycles. The van der Waals surface area contributed by atoms with E-state index in [1.807, 2.05) is 31.2 Å². The molecule has 22 heavy (non-hydrogen) atoms. The minimum Gasteiger partial charge on any atom is -0.353 e. The Morgan fingerprint density at radius 3 is 2.18 bits per heavy atom. The maximum Gasteiger partial charge on any atom is 0.224 e. The van der Waals surface area contributed by atoms with Crippen LogP contribution in [0.4, 0.5) is 0 Å². The van der Waals surface area contributed by atoms with Gasteiger partial charge in [0.15, 0.2) is 0 Å². The lowest BCUT2D eigenvalue weighted by atomic mass is 10.0. The lowest BCUT2D eigenvalue weighted by Crippen LogP contribution is -2.35. The molecule has 0 aromatic heterocycles. The molecule has 1 atom stereocenters. The van der Waals surface area contributed by atoms with Gasteiger partial charge in [0.05, 0.1) is 6.42 Å². The number of nitrogens with two attached hydrogens (primary N) is 1. The number of carbonyl (C=O) groups excluding carboxylic acids is 1. The van der Waals surface area contributed by atoms with Crippen LogP contribution in [-0.4, -0.2) is 11.9 Å². The summed E-state index contributed by atoms with van der Waals surface area (Å²) in [6, 6.07) is 8.49. The van der Waals surface area contributed by atoms with E-state index in [1.54, 1.807) is 0 Å². The number of nitrogens with one attached hydrogen (secondary N) is 1. The number of hydrogen-bond acceptors (Lipinski definition) is 2. The fraction of sp³-hybridized carbons (Fsp3) is 0.632. The van der Waals surface area contributed by atoms with Crippen LogP contribution in [0.15, 0.2) is 24.3 Å². The lowest BCUT2D eigenvalue weighted by Gasteiger charge is -2.18. The summed E-state index contributed by atoms with van der Waals surface area (Å²) >= 11 is 0. The number of carbonyl (C=O) groups is 1. The van der Waals surface area contributed by atoms with Gasteiger partial charge in [0.1, 0.15) is 0 Å². The van der Waals surface area contributed by atoms with Crippen molar-refractivity contribution < 1.29 is 4.79 Å². The second-order valence-corrected chi connectivity index (χ2v) is 6.67. The molecule has 0 bridgehead atoms. The van der Waals surface area contributed by atoms with Crippen LogP contribution in [0.2, 0.25) is 0 Å². The van der Waals surface area contributed by atoms with Crippen molar-refractivity contribution in [2.45, 2.75) is 76.8 Å². The van der Waals surface area contributed by atoms with Gasteiger partial charge in [-0.1, -0.05) is 62.8 Å². The quantitative estimate of drug-likeness (QED) is 0.887. The fourth-order valence-corrected chi connectivity index (χ4v) is 3.18. The van der Waals surface area contributed by atoms with Gasteiger partial charge in [0.2, 0.25) is 5.91 Å². The zero-order valence-electron chi connectivity index (χ0n) is 13.8. The van der Waals surface area contributed by atoms with Crippen LogP contribution in [0, 0.1) is 0 Å². The Bertz CT molecular complexity index is 443. The molecule has 1 aromatic carbocycles. The van der Waals surface area contributed by atoms with Crippen molar-refractivity contribution in [2.75, 3.05) is 0 Å². The number of amides is 1. The highest BCUT2D eigenvalue weighted by Crippen LogP contribution is 2.17. The molecule has 3 nitrogen and oxygen atoms in total. The van der Waals surface area contributed by atoms with Crippen LogP contribution in [0.1, 0.15) is 75.5 Å². The highest BCUT2D eigenvalue weighted by atomic mass is 16.1. The molecule has 1 saturated carbocycles. The second kappa shape index (κ2) is 8.94. The van der Waals surface area contributed by atoms with E-state index in [2.05, 4.69) is 5.32 Å². The Labute approximate surface area is 134 Å². The van der Waals surface area contributed by atoms with E-state index in [1.165, 1.54) is 38.5 Å². The van der Waals surface area contributed by atoms with E-state index in [9.17, 15) is 4.79 Å². The Hall–Kier alpha value is -1.35. The first-order valence-corrected chi connectivity index (χ1v) is 8.79. The van der Waals surface area contributed by atoms with E-state index in [-0.39, 0.29) is 11.9 Å². The van der Waals surface area contributed by atoms with Crippen LogP contribution in [0.3, 0.4) is 0 Å². The molecule has 1 unspecified atom stereocenters. The van der Waals surface area contributed by atoms with Crippen molar-refractivity contribution >= 4 is 5.91 Å². The summed E-state index contributed by atoms with van der Waals surface area (Å²) in [6.45, 7) is 1.97. The monoisotopic (exact) mass is 302 g/mol. The number of rotatable bonds is 4. The molecule has 2 rings (SSSR count). The van der Waals surface area contributed by atoms with Gasteiger partial charge in [-0.05, 0) is 30.9 Å². The van der Waals surface area contributed by atoms with Gasteiger partial charge in [-0.25, -0.2) is 0 Å². The summed E-state index contributed by atoms with van der Waals surface area (Å²) in [5.74, 6) is 0.151. The van der Waals surface area contributed by atoms with Gasteiger partial charge in [0.25, 0.3) is 0 Å². The molecule has 0 spiro atoms. The Balaban J connectivity index is 1.82. The number of benzene rings is 1. The normalized spacial score (nSPS) is 18.8. The third-order valence-corrected chi connectivity index (χ3v) is 4.59. The SMILES string of the molecule is CC(N)c1ccc(CC(=O)NC2CCCCCCCC2)cc1. The Morgan fingerprint density at radius 2 is 1.64 bits per heavy atom. The third kappa shape index (κ3) is 5.80. The largest absolute Gasteiger partial charge is 0.353 e. The maximum absolute atomic E-state index is 12.2. The van der Waals surface area contributed by atoms with Crippen molar-refractivity contribution in [1.29, 1.82) is 0 Å². The molecular weight excluding hydrogens is 272 g/mol. The smallest absolute Gasteiger partial charge is 0.224 e. The van der Waals surface area contributed by atoms with Gasteiger partial charge in [-0.15, -0.1) is 0 Å². The lowest BCUT2D eigenvalue weighted by molar-refractivity contribution is -0.121. The van der Waals surface area contributed by atoms with Crippen LogP contribution in [-0.2, 0) is 11.2 Å². The van der Waals surface area contributed by atoms with Crippen LogP contribution >= 0.6 is 0 Å². The molecule has 1 aromatic rings. The van der Waals surface area contributed by atoms with Crippen LogP contribution in [0.25, 0.3) is 0 Å². The van der Waals surface area contributed by atoms with Crippen LogP contribution in [0.5, 0.6) is 0 Å². The predicted molar refractivity (Wildman–Crippen MR) is 91.6 cm³/mol. The first-order chi connectivity index (χ1) is 10.6. The zero-order chi connectivity index (χ0) is 15.8. The molecule has 0 radical (unpaired) electrons. The van der Waals surface area contributed by atoms with E-state index < -0.39 is 0 Å². The predicted octanol–water partition coefficient (Wildman–Crippen LogP) is 3.87. The zero-order valence-corrected chi connectivity index (χ0v) is 13.8. The highest BCUT2D eigenvalue weighted by Gasteiger charge is 2.13. The topological polar surface area (TPSA) is 55.1 Å². The van der Waals surface area contributed by atoms with Gasteiger partial charge >= 0.3 is 0 Å². The molecule has 3 N–H and O–H groups in total. The minimum atomic E-state index is 0.0433. The molecule has 1 aliphatic carbocycles. The average molecular weight is 302 g/mol. The van der Waals surface area contributed by atoms with E-state index in [4.69, 9.17) is 5.73 Å². The van der Waals surface area contributed by atoms with Gasteiger partial charge < -0.3 is 11.1 Å². The van der Waals surface area contributed by atoms with Crippen molar-refractivity contribution in [1.82, 2.24) is 5.32 Å². The van der Waals surface area contributed by atoms with E-state index in [0.717, 1.165) is 24.0 Å². The van der Waals surface area contributed by atoms with Gasteiger partial charge in [0, 0.05) is 12.1 Å². The van der Waals surface area contributed by atoms with E-state index >= 15 is 0 Å². The molecule has 1 aliphatic rings. The van der Waals surface area contributed by atoms with Crippen molar-refractivity contribution in [3.05, 3.63) is 35.4 Å². The molecular formula is C19H30N2O. The first kappa shape index (κ1) is 17.0. The summed E-state index contributed by atoms with van der Waals surface area (Å²) < 4.78 is 0. The summed E-state index contributed by atoms with van der Waals surface area (Å²) in [5, 5.41) is 3.24. The van der Waals surface area contributed by atoms with Crippen molar-refractivity contribution in [3.8, 4) is 0 Å². The minimum absolute atomic E-state index is 0.0433. The molecule has 122 valence electrons. The summed E-state index contributed by atoms with van der Waals surface area (Å²) in [6.07, 6.45) is 10.6. The Morgan fingerprint density at radius 1 is 1.09 bits per heavy atom. The standard InChI is InChI=1S/C19H30N2O/c1-15(20)17-12-10-16(11-13-17)14-19(22)21-18-8-6-4-2-3-5-7-9-18/h10-13,15,18H,2-9,14,20H2,1H3,(H,21,22). The summed E-state index contributed by atoms with van der Waals surface area (Å²) in [4.78, 5) is 12.2. The Kier molecular flexibility index (Phi) is 6.91. The fourth-order valence-electron chi connectivity index (χ4n) is 3.18. The molecule has 1 amide bonds. The molecule has 0 heterocycles. The second-order valence-electron chi connectivity index (χ2n) is 6.67. The van der Waals surface area contributed by atoms with E-state index in [0.29, 0.717) is 12.5 Å². The third-order valence-electron chi connectivity index (χ3n) is 4.59. The average Bonchev–Trinajstić information content (AvgIpc) is 2.62. The number of hydrogen-bond donors (Lipinski definition) is 2. The maximum atomic E-state index is 12.2. The van der Waals surface area contributed by atoms with Crippen molar-refractivity contribution in [3.63, 3.8) is 0 Å². The van der Waals surface area contributed by atoms with Gasteiger partial charge in [-0.2, -0.15) is 0 Å².